The number of ether oxygens (including phenoxy) is 1. The van der Waals surface area contributed by atoms with Gasteiger partial charge in [0, 0.05) is 18.0 Å². The second kappa shape index (κ2) is 7.44. The van der Waals surface area contributed by atoms with Gasteiger partial charge < -0.3 is 10.1 Å². The Morgan fingerprint density at radius 2 is 2.12 bits per heavy atom. The van der Waals surface area contributed by atoms with Crippen molar-refractivity contribution in [3.05, 3.63) is 64.3 Å². The number of rotatable bonds is 5. The van der Waals surface area contributed by atoms with Gasteiger partial charge in [0.25, 0.3) is 0 Å². The van der Waals surface area contributed by atoms with E-state index in [0.29, 0.717) is 0 Å². The van der Waals surface area contributed by atoms with E-state index in [9.17, 15) is 23.2 Å². The van der Waals surface area contributed by atoms with Crippen molar-refractivity contribution >= 4 is 11.9 Å². The number of amides is 1. The molecule has 0 radical (unpaired) electrons. The highest BCUT2D eigenvalue weighted by molar-refractivity contribution is 5.85. The first kappa shape index (κ1) is 17.3. The molecule has 1 unspecified atom stereocenters. The molecule has 1 amide bonds. The van der Waals surface area contributed by atoms with Gasteiger partial charge in [-0.25, -0.2) is 23.4 Å². The Morgan fingerprint density at radius 1 is 1.38 bits per heavy atom. The Hall–Kier alpha value is -3.10. The predicted molar refractivity (Wildman–Crippen MR) is 77.8 cm³/mol. The van der Waals surface area contributed by atoms with Gasteiger partial charge in [0.15, 0.2) is 6.04 Å². The van der Waals surface area contributed by atoms with Gasteiger partial charge in [-0.05, 0) is 24.3 Å². The number of benzene rings is 1. The van der Waals surface area contributed by atoms with Crippen molar-refractivity contribution in [2.45, 2.75) is 12.6 Å². The molecule has 9 heteroatoms. The number of carbonyl (C=O) groups is 2. The van der Waals surface area contributed by atoms with Crippen LogP contribution >= 0.6 is 0 Å². The molecule has 0 aliphatic heterocycles. The molecule has 1 aromatic carbocycles. The van der Waals surface area contributed by atoms with Crippen molar-refractivity contribution < 1.29 is 23.1 Å². The number of methoxy groups -OCH3 is 1. The Bertz CT molecular complexity index is 822. The lowest BCUT2D eigenvalue weighted by Gasteiger charge is -2.18. The molecule has 0 spiro atoms. The second-order valence-electron chi connectivity index (χ2n) is 4.72. The quantitative estimate of drug-likeness (QED) is 0.805. The van der Waals surface area contributed by atoms with Crippen molar-refractivity contribution in [2.24, 2.45) is 0 Å². The minimum atomic E-state index is -1.55. The van der Waals surface area contributed by atoms with Crippen molar-refractivity contribution in [3.63, 3.8) is 0 Å². The van der Waals surface area contributed by atoms with E-state index in [4.69, 9.17) is 0 Å². The topological polar surface area (TPSA) is 90.3 Å². The Balaban J connectivity index is 2.25. The van der Waals surface area contributed by atoms with E-state index in [2.05, 4.69) is 15.0 Å². The highest BCUT2D eigenvalue weighted by Crippen LogP contribution is 2.19. The Morgan fingerprint density at radius 3 is 2.79 bits per heavy atom. The van der Waals surface area contributed by atoms with Crippen LogP contribution in [0.15, 0.2) is 41.5 Å². The second-order valence-corrected chi connectivity index (χ2v) is 4.72. The van der Waals surface area contributed by atoms with Gasteiger partial charge in [0.1, 0.15) is 18.2 Å². The molecular weight excluding hydrogens is 324 g/mol. The van der Waals surface area contributed by atoms with Gasteiger partial charge in [0.05, 0.1) is 7.11 Å². The van der Waals surface area contributed by atoms with E-state index >= 15 is 0 Å². The van der Waals surface area contributed by atoms with Crippen LogP contribution in [-0.4, -0.2) is 28.5 Å². The summed E-state index contributed by atoms with van der Waals surface area (Å²) in [5, 5.41) is 2.22. The number of esters is 1. The highest BCUT2D eigenvalue weighted by Gasteiger charge is 2.27. The summed E-state index contributed by atoms with van der Waals surface area (Å²) in [5.41, 5.74) is -1.05. The first-order valence-corrected chi connectivity index (χ1v) is 6.76. The van der Waals surface area contributed by atoms with Gasteiger partial charge in [0.2, 0.25) is 5.91 Å². The van der Waals surface area contributed by atoms with E-state index in [1.54, 1.807) is 0 Å². The van der Waals surface area contributed by atoms with Crippen LogP contribution in [0, 0.1) is 11.6 Å². The van der Waals surface area contributed by atoms with Crippen LogP contribution in [0.2, 0.25) is 0 Å². The van der Waals surface area contributed by atoms with Crippen molar-refractivity contribution in [2.75, 3.05) is 7.11 Å². The van der Waals surface area contributed by atoms with Gasteiger partial charge in [-0.2, -0.15) is 0 Å². The largest absolute Gasteiger partial charge is 0.467 e. The van der Waals surface area contributed by atoms with E-state index in [1.165, 1.54) is 18.5 Å². The molecule has 1 aromatic heterocycles. The van der Waals surface area contributed by atoms with E-state index in [0.717, 1.165) is 29.9 Å². The first-order chi connectivity index (χ1) is 11.4. The molecule has 0 aliphatic rings. The van der Waals surface area contributed by atoms with Crippen molar-refractivity contribution in [1.29, 1.82) is 0 Å². The van der Waals surface area contributed by atoms with Gasteiger partial charge in [-0.15, -0.1) is 0 Å². The van der Waals surface area contributed by atoms with Crippen LogP contribution in [0.4, 0.5) is 8.78 Å². The monoisotopic (exact) mass is 337 g/mol. The standard InChI is InChI=1S/C15H13F2N3O4/c1-24-14(22)13(10-7-9(16)3-4-11(10)17)19-12(21)8-20-6-2-5-18-15(20)23/h2-7,13H,8H2,1H3,(H,19,21). The van der Waals surface area contributed by atoms with Crippen molar-refractivity contribution in [3.8, 4) is 0 Å². The third-order valence-corrected chi connectivity index (χ3v) is 3.11. The lowest BCUT2D eigenvalue weighted by Crippen LogP contribution is -2.39. The zero-order chi connectivity index (χ0) is 17.7. The van der Waals surface area contributed by atoms with Crippen LogP contribution in [0.3, 0.4) is 0 Å². The summed E-state index contributed by atoms with van der Waals surface area (Å²) >= 11 is 0. The van der Waals surface area contributed by atoms with Crippen LogP contribution < -0.4 is 11.0 Å². The predicted octanol–water partition coefficient (Wildman–Crippen LogP) is 0.552. The highest BCUT2D eigenvalue weighted by atomic mass is 19.1. The fraction of sp³-hybridized carbons (Fsp3) is 0.200. The van der Waals surface area contributed by atoms with E-state index < -0.39 is 41.8 Å². The average molecular weight is 337 g/mol. The minimum Gasteiger partial charge on any atom is -0.467 e. The molecule has 126 valence electrons. The number of hydrogen-bond donors (Lipinski definition) is 1. The molecular formula is C15H13F2N3O4. The Kier molecular flexibility index (Phi) is 5.35. The molecule has 24 heavy (non-hydrogen) atoms. The van der Waals surface area contributed by atoms with Gasteiger partial charge in [-0.1, -0.05) is 0 Å². The summed E-state index contributed by atoms with van der Waals surface area (Å²) in [5.74, 6) is -3.42. The summed E-state index contributed by atoms with van der Waals surface area (Å²) in [6.07, 6.45) is 2.58. The number of hydrogen-bond acceptors (Lipinski definition) is 5. The molecule has 0 saturated carbocycles. The van der Waals surface area contributed by atoms with Crippen molar-refractivity contribution in [1.82, 2.24) is 14.9 Å². The van der Waals surface area contributed by atoms with Crippen LogP contribution in [0.1, 0.15) is 11.6 Å². The molecule has 7 nitrogen and oxygen atoms in total. The fourth-order valence-corrected chi connectivity index (χ4v) is 1.99. The summed E-state index contributed by atoms with van der Waals surface area (Å²) < 4.78 is 32.7. The number of nitrogens with zero attached hydrogens (tertiary/aromatic N) is 2. The molecule has 0 fully saturated rings. The summed E-state index contributed by atoms with van der Waals surface area (Å²) in [6, 6.07) is 2.39. The lowest BCUT2D eigenvalue weighted by atomic mass is 10.1. The molecule has 0 bridgehead atoms. The van der Waals surface area contributed by atoms with Crippen LogP contribution in [0.25, 0.3) is 0 Å². The molecule has 0 aliphatic carbocycles. The molecule has 1 atom stereocenters. The maximum absolute atomic E-state index is 13.9. The molecule has 1 N–H and O–H groups in total. The van der Waals surface area contributed by atoms with Crippen LogP contribution in [-0.2, 0) is 20.9 Å². The summed E-state index contributed by atoms with van der Waals surface area (Å²) in [4.78, 5) is 38.8. The normalized spacial score (nSPS) is 11.6. The maximum Gasteiger partial charge on any atom is 0.347 e. The number of nitrogens with one attached hydrogen (secondary N) is 1. The minimum absolute atomic E-state index is 0.381. The average Bonchev–Trinajstić information content (AvgIpc) is 2.56. The third kappa shape index (κ3) is 4.00. The number of halogens is 2. The summed E-state index contributed by atoms with van der Waals surface area (Å²) in [6.45, 7) is -0.447. The first-order valence-electron chi connectivity index (χ1n) is 6.76. The molecule has 2 rings (SSSR count). The summed E-state index contributed by atoms with van der Waals surface area (Å²) in [7, 11) is 1.05. The number of carbonyl (C=O) groups excluding carboxylic acids is 2. The fourth-order valence-electron chi connectivity index (χ4n) is 1.99. The van der Waals surface area contributed by atoms with Gasteiger partial charge >= 0.3 is 11.7 Å². The van der Waals surface area contributed by atoms with E-state index in [-0.39, 0.29) is 5.56 Å². The van der Waals surface area contributed by atoms with E-state index in [1.807, 2.05) is 0 Å². The smallest absolute Gasteiger partial charge is 0.347 e. The number of aromatic nitrogens is 2. The lowest BCUT2D eigenvalue weighted by molar-refractivity contribution is -0.145. The molecule has 2 aromatic rings. The SMILES string of the molecule is COC(=O)C(NC(=O)Cn1cccnc1=O)c1cc(F)ccc1F. The maximum atomic E-state index is 13.9. The van der Waals surface area contributed by atoms with Gasteiger partial charge in [-0.3, -0.25) is 9.36 Å². The van der Waals surface area contributed by atoms with Crippen LogP contribution in [0.5, 0.6) is 0 Å². The zero-order valence-corrected chi connectivity index (χ0v) is 12.5. The third-order valence-electron chi connectivity index (χ3n) is 3.11. The molecule has 1 heterocycles. The zero-order valence-electron chi connectivity index (χ0n) is 12.5. The Labute approximate surface area is 134 Å². The molecule has 0 saturated heterocycles.